The van der Waals surface area contributed by atoms with Crippen molar-refractivity contribution in [2.75, 3.05) is 6.54 Å². The maximum Gasteiger partial charge on any atom is 0.0681 e. The molecule has 76 valence electrons. The predicted octanol–water partition coefficient (Wildman–Crippen LogP) is 1.84. The van der Waals surface area contributed by atoms with Crippen LogP contribution in [0.1, 0.15) is 18.1 Å². The normalized spacial score (nSPS) is 10.1. The average Bonchev–Trinajstić information content (AvgIpc) is 2.18. The van der Waals surface area contributed by atoms with Crippen LogP contribution in [-0.2, 0) is 13.2 Å². The van der Waals surface area contributed by atoms with Gasteiger partial charge in [0.1, 0.15) is 0 Å². The van der Waals surface area contributed by atoms with E-state index in [1.165, 1.54) is 5.56 Å². The van der Waals surface area contributed by atoms with Gasteiger partial charge in [-0.3, -0.25) is 0 Å². The zero-order valence-corrected chi connectivity index (χ0v) is 8.59. The van der Waals surface area contributed by atoms with E-state index in [1.54, 1.807) is 0 Å². The summed E-state index contributed by atoms with van der Waals surface area (Å²) in [6, 6.07) is 7.93. The summed E-state index contributed by atoms with van der Waals surface area (Å²) in [6.07, 6.45) is 0. The third-order valence-electron chi connectivity index (χ3n) is 1.96. The minimum absolute atomic E-state index is 0.111. The van der Waals surface area contributed by atoms with Crippen molar-refractivity contribution in [2.24, 2.45) is 0 Å². The number of hydrogen-bond acceptors (Lipinski definition) is 2. The van der Waals surface area contributed by atoms with E-state index in [9.17, 15) is 0 Å². The molecule has 0 aromatic heterocycles. The van der Waals surface area contributed by atoms with E-state index in [-0.39, 0.29) is 6.61 Å². The molecule has 0 saturated heterocycles. The van der Waals surface area contributed by atoms with Crippen LogP contribution in [0.5, 0.6) is 0 Å². The highest BCUT2D eigenvalue weighted by Gasteiger charge is 1.93. The fourth-order valence-electron chi connectivity index (χ4n) is 1.18. The summed E-state index contributed by atoms with van der Waals surface area (Å²) >= 11 is 0. The first-order chi connectivity index (χ1) is 6.72. The van der Waals surface area contributed by atoms with Crippen LogP contribution in [0.4, 0.5) is 0 Å². The Balaban J connectivity index is 2.40. The molecule has 1 aromatic rings. The van der Waals surface area contributed by atoms with Crippen molar-refractivity contribution in [3.63, 3.8) is 0 Å². The Morgan fingerprint density at radius 1 is 1.29 bits per heavy atom. The Hall–Kier alpha value is -1.12. The van der Waals surface area contributed by atoms with E-state index in [4.69, 9.17) is 5.11 Å². The molecule has 0 aliphatic rings. The van der Waals surface area contributed by atoms with Gasteiger partial charge in [0.25, 0.3) is 0 Å². The van der Waals surface area contributed by atoms with Gasteiger partial charge >= 0.3 is 0 Å². The second-order valence-electron chi connectivity index (χ2n) is 3.54. The largest absolute Gasteiger partial charge is 0.392 e. The van der Waals surface area contributed by atoms with Crippen LogP contribution in [0.3, 0.4) is 0 Å². The first-order valence-electron chi connectivity index (χ1n) is 4.76. The number of hydrogen-bond donors (Lipinski definition) is 2. The van der Waals surface area contributed by atoms with E-state index < -0.39 is 0 Å². The number of benzene rings is 1. The molecule has 2 heteroatoms. The highest BCUT2D eigenvalue weighted by Crippen LogP contribution is 2.03. The Labute approximate surface area is 85.3 Å². The van der Waals surface area contributed by atoms with Gasteiger partial charge in [0.15, 0.2) is 0 Å². The zero-order valence-electron chi connectivity index (χ0n) is 8.59. The second kappa shape index (κ2) is 5.58. The van der Waals surface area contributed by atoms with Crippen molar-refractivity contribution in [3.05, 3.63) is 47.5 Å². The molecule has 1 aromatic carbocycles. The third-order valence-corrected chi connectivity index (χ3v) is 1.96. The molecule has 0 aliphatic heterocycles. The van der Waals surface area contributed by atoms with Crippen molar-refractivity contribution in [3.8, 4) is 0 Å². The summed E-state index contributed by atoms with van der Waals surface area (Å²) in [5, 5.41) is 12.1. The molecule has 2 N–H and O–H groups in total. The van der Waals surface area contributed by atoms with Gasteiger partial charge in [0, 0.05) is 13.1 Å². The molecule has 0 saturated carbocycles. The minimum atomic E-state index is 0.111. The minimum Gasteiger partial charge on any atom is -0.392 e. The van der Waals surface area contributed by atoms with Crippen molar-refractivity contribution in [2.45, 2.75) is 20.1 Å². The van der Waals surface area contributed by atoms with E-state index in [2.05, 4.69) is 11.9 Å². The van der Waals surface area contributed by atoms with E-state index in [1.807, 2.05) is 31.2 Å². The molecular formula is C12H17NO. The lowest BCUT2D eigenvalue weighted by Crippen LogP contribution is -2.14. The number of aliphatic hydroxyl groups is 1. The van der Waals surface area contributed by atoms with Crippen molar-refractivity contribution in [1.29, 1.82) is 0 Å². The van der Waals surface area contributed by atoms with Gasteiger partial charge in [0.05, 0.1) is 6.61 Å². The maximum atomic E-state index is 8.85. The predicted molar refractivity (Wildman–Crippen MR) is 58.9 cm³/mol. The SMILES string of the molecule is C=C(C)CNCc1ccc(CO)cc1. The summed E-state index contributed by atoms with van der Waals surface area (Å²) in [6.45, 7) is 7.63. The van der Waals surface area contributed by atoms with E-state index in [0.717, 1.165) is 24.2 Å². The monoisotopic (exact) mass is 191 g/mol. The van der Waals surface area contributed by atoms with Gasteiger partial charge < -0.3 is 10.4 Å². The van der Waals surface area contributed by atoms with Crippen LogP contribution < -0.4 is 5.32 Å². The smallest absolute Gasteiger partial charge is 0.0681 e. The molecule has 0 bridgehead atoms. The highest BCUT2D eigenvalue weighted by atomic mass is 16.3. The van der Waals surface area contributed by atoms with Crippen LogP contribution in [0.25, 0.3) is 0 Å². The van der Waals surface area contributed by atoms with Gasteiger partial charge in [0.2, 0.25) is 0 Å². The molecule has 0 unspecified atom stereocenters. The zero-order chi connectivity index (χ0) is 10.4. The Kier molecular flexibility index (Phi) is 4.36. The fourth-order valence-corrected chi connectivity index (χ4v) is 1.18. The quantitative estimate of drug-likeness (QED) is 0.696. The number of aliphatic hydroxyl groups excluding tert-OH is 1. The van der Waals surface area contributed by atoms with E-state index in [0.29, 0.717) is 0 Å². The van der Waals surface area contributed by atoms with Crippen LogP contribution in [0.2, 0.25) is 0 Å². The molecular weight excluding hydrogens is 174 g/mol. The van der Waals surface area contributed by atoms with Gasteiger partial charge in [-0.15, -0.1) is 0 Å². The highest BCUT2D eigenvalue weighted by molar-refractivity contribution is 5.21. The van der Waals surface area contributed by atoms with Crippen molar-refractivity contribution >= 4 is 0 Å². The fraction of sp³-hybridized carbons (Fsp3) is 0.333. The molecule has 0 radical (unpaired) electrons. The lowest BCUT2D eigenvalue weighted by atomic mass is 10.1. The van der Waals surface area contributed by atoms with Crippen LogP contribution in [0.15, 0.2) is 36.4 Å². The number of rotatable bonds is 5. The topological polar surface area (TPSA) is 32.3 Å². The molecule has 0 atom stereocenters. The molecule has 1 rings (SSSR count). The van der Waals surface area contributed by atoms with Gasteiger partial charge in [-0.1, -0.05) is 36.4 Å². The molecule has 0 aliphatic carbocycles. The van der Waals surface area contributed by atoms with Crippen molar-refractivity contribution in [1.82, 2.24) is 5.32 Å². The summed E-state index contributed by atoms with van der Waals surface area (Å²) in [5.74, 6) is 0. The molecule has 2 nitrogen and oxygen atoms in total. The third kappa shape index (κ3) is 3.73. The Morgan fingerprint density at radius 2 is 1.86 bits per heavy atom. The van der Waals surface area contributed by atoms with Gasteiger partial charge in [-0.05, 0) is 18.1 Å². The van der Waals surface area contributed by atoms with Crippen LogP contribution in [0, 0.1) is 0 Å². The molecule has 0 fully saturated rings. The van der Waals surface area contributed by atoms with Crippen LogP contribution >= 0.6 is 0 Å². The first-order valence-corrected chi connectivity index (χ1v) is 4.76. The summed E-state index contributed by atoms with van der Waals surface area (Å²) < 4.78 is 0. The Morgan fingerprint density at radius 3 is 2.36 bits per heavy atom. The lowest BCUT2D eigenvalue weighted by Gasteiger charge is -2.04. The molecule has 0 heterocycles. The van der Waals surface area contributed by atoms with Crippen molar-refractivity contribution < 1.29 is 5.11 Å². The molecule has 0 spiro atoms. The molecule has 0 amide bonds. The second-order valence-corrected chi connectivity index (χ2v) is 3.54. The standard InChI is InChI=1S/C12H17NO/c1-10(2)7-13-8-11-3-5-12(9-14)6-4-11/h3-6,13-14H,1,7-9H2,2H3. The Bertz CT molecular complexity index is 290. The first kappa shape index (κ1) is 11.0. The summed E-state index contributed by atoms with van der Waals surface area (Å²) in [5.41, 5.74) is 3.31. The summed E-state index contributed by atoms with van der Waals surface area (Å²) in [4.78, 5) is 0. The molecule has 14 heavy (non-hydrogen) atoms. The van der Waals surface area contributed by atoms with Gasteiger partial charge in [-0.25, -0.2) is 0 Å². The summed E-state index contributed by atoms with van der Waals surface area (Å²) in [7, 11) is 0. The average molecular weight is 191 g/mol. The maximum absolute atomic E-state index is 8.85. The lowest BCUT2D eigenvalue weighted by molar-refractivity contribution is 0.282. The number of nitrogens with one attached hydrogen (secondary N) is 1. The van der Waals surface area contributed by atoms with Gasteiger partial charge in [-0.2, -0.15) is 0 Å². The van der Waals surface area contributed by atoms with E-state index >= 15 is 0 Å². The van der Waals surface area contributed by atoms with Crippen LogP contribution in [-0.4, -0.2) is 11.7 Å².